The van der Waals surface area contributed by atoms with Crippen molar-refractivity contribution in [2.75, 3.05) is 6.54 Å². The Morgan fingerprint density at radius 1 is 0.429 bits per heavy atom. The standard InChI is InChI=1S/C36H26N6/c1-13-37-14-2-25(1)31(26-3-15-38-16-4-26)34-35(32(27-5-17-39-18-6-27)28-7-19-40-20-8-28)36(34)33(29-9-21-41-22-10-29)30-11-23-42-24-12-30/h1-23,42H,24H2. The van der Waals surface area contributed by atoms with E-state index in [1.165, 1.54) is 22.3 Å². The van der Waals surface area contributed by atoms with Crippen molar-refractivity contribution in [3.8, 4) is 0 Å². The van der Waals surface area contributed by atoms with Crippen LogP contribution in [0.15, 0.2) is 163 Å². The van der Waals surface area contributed by atoms with E-state index in [-0.39, 0.29) is 0 Å². The molecule has 1 aliphatic heterocycles. The molecule has 0 atom stereocenters. The minimum atomic E-state index is 0.759. The van der Waals surface area contributed by atoms with Crippen molar-refractivity contribution < 1.29 is 0 Å². The summed E-state index contributed by atoms with van der Waals surface area (Å²) in [6, 6.07) is 20.8. The van der Waals surface area contributed by atoms with E-state index in [2.05, 4.69) is 103 Å². The Hall–Kier alpha value is -5.75. The van der Waals surface area contributed by atoms with Gasteiger partial charge in [0.25, 0.3) is 0 Å². The Balaban J connectivity index is 1.67. The van der Waals surface area contributed by atoms with Gasteiger partial charge in [-0.05, 0) is 140 Å². The number of nitrogens with one attached hydrogen (secondary N) is 1. The van der Waals surface area contributed by atoms with Gasteiger partial charge in [0.15, 0.2) is 0 Å². The summed E-state index contributed by atoms with van der Waals surface area (Å²) >= 11 is 0. The fourth-order valence-corrected chi connectivity index (χ4v) is 5.54. The molecule has 5 aromatic rings. The Bertz CT molecular complexity index is 1690. The summed E-state index contributed by atoms with van der Waals surface area (Å²) in [6.45, 7) is 0.759. The van der Waals surface area contributed by atoms with Gasteiger partial charge in [-0.15, -0.1) is 0 Å². The molecule has 0 amide bonds. The molecule has 42 heavy (non-hydrogen) atoms. The Morgan fingerprint density at radius 2 is 0.738 bits per heavy atom. The summed E-state index contributed by atoms with van der Waals surface area (Å²) in [6.07, 6.45) is 24.9. The summed E-state index contributed by atoms with van der Waals surface area (Å²) in [5, 5.41) is 3.31. The number of hydrogen-bond donors (Lipinski definition) is 1. The first kappa shape index (κ1) is 25.2. The lowest BCUT2D eigenvalue weighted by Gasteiger charge is -2.13. The van der Waals surface area contributed by atoms with Crippen molar-refractivity contribution >= 4 is 16.7 Å². The molecule has 2 aliphatic rings. The molecule has 0 saturated heterocycles. The number of aromatic nitrogens is 5. The van der Waals surface area contributed by atoms with E-state index in [1.807, 2.05) is 68.2 Å². The van der Waals surface area contributed by atoms with Crippen LogP contribution in [0.5, 0.6) is 0 Å². The van der Waals surface area contributed by atoms with Crippen molar-refractivity contribution in [3.63, 3.8) is 0 Å². The Kier molecular flexibility index (Phi) is 6.84. The smallest absolute Gasteiger partial charge is 0.0334 e. The van der Waals surface area contributed by atoms with Crippen molar-refractivity contribution in [2.24, 2.45) is 0 Å². The first-order valence-electron chi connectivity index (χ1n) is 13.8. The number of allylic oxidation sites excluding steroid dienone is 6. The summed E-state index contributed by atoms with van der Waals surface area (Å²) in [4.78, 5) is 21.6. The second-order valence-corrected chi connectivity index (χ2v) is 9.83. The highest BCUT2D eigenvalue weighted by atomic mass is 14.8. The minimum absolute atomic E-state index is 0.759. The van der Waals surface area contributed by atoms with E-state index in [1.54, 1.807) is 0 Å². The van der Waals surface area contributed by atoms with Crippen LogP contribution in [0.25, 0.3) is 16.7 Å². The topological polar surface area (TPSA) is 76.5 Å². The number of dihydropyridines is 1. The fourth-order valence-electron chi connectivity index (χ4n) is 5.54. The Morgan fingerprint density at radius 3 is 1.05 bits per heavy atom. The van der Waals surface area contributed by atoms with E-state index in [0.29, 0.717) is 0 Å². The molecular weight excluding hydrogens is 516 g/mol. The predicted molar refractivity (Wildman–Crippen MR) is 165 cm³/mol. The summed E-state index contributed by atoms with van der Waals surface area (Å²) in [7, 11) is 0. The van der Waals surface area contributed by atoms with Gasteiger partial charge in [0.1, 0.15) is 0 Å². The number of hydrogen-bond acceptors (Lipinski definition) is 6. The number of pyridine rings is 5. The van der Waals surface area contributed by atoms with Crippen LogP contribution in [0.3, 0.4) is 0 Å². The second-order valence-electron chi connectivity index (χ2n) is 9.83. The largest absolute Gasteiger partial charge is 0.387 e. The second kappa shape index (κ2) is 11.4. The minimum Gasteiger partial charge on any atom is -0.387 e. The molecule has 6 nitrogen and oxygen atoms in total. The maximum Gasteiger partial charge on any atom is 0.0334 e. The normalized spacial score (nSPS) is 13.7. The van der Waals surface area contributed by atoms with E-state index < -0.39 is 0 Å². The molecule has 5 aromatic heterocycles. The van der Waals surface area contributed by atoms with Gasteiger partial charge in [0, 0.05) is 68.5 Å². The van der Waals surface area contributed by atoms with E-state index in [9.17, 15) is 0 Å². The van der Waals surface area contributed by atoms with Gasteiger partial charge in [-0.2, -0.15) is 0 Å². The van der Waals surface area contributed by atoms with Gasteiger partial charge in [-0.3, -0.25) is 24.9 Å². The monoisotopic (exact) mass is 542 g/mol. The third kappa shape index (κ3) is 4.86. The molecule has 1 saturated carbocycles. The third-order valence-electron chi connectivity index (χ3n) is 7.39. The maximum atomic E-state index is 4.33. The lowest BCUT2D eigenvalue weighted by atomic mass is 9.94. The molecule has 0 spiro atoms. The molecule has 6 heteroatoms. The van der Waals surface area contributed by atoms with Gasteiger partial charge in [-0.25, -0.2) is 0 Å². The lowest BCUT2D eigenvalue weighted by Crippen LogP contribution is -2.09. The quantitative estimate of drug-likeness (QED) is 0.265. The van der Waals surface area contributed by atoms with Crippen LogP contribution in [0.1, 0.15) is 27.8 Å². The molecule has 0 unspecified atom stereocenters. The van der Waals surface area contributed by atoms with Gasteiger partial charge < -0.3 is 5.32 Å². The van der Waals surface area contributed by atoms with Crippen LogP contribution in [0.4, 0.5) is 0 Å². The number of rotatable bonds is 6. The third-order valence-corrected chi connectivity index (χ3v) is 7.39. The molecule has 7 rings (SSSR count). The first-order valence-corrected chi connectivity index (χ1v) is 13.8. The van der Waals surface area contributed by atoms with Gasteiger partial charge in [-0.1, -0.05) is 6.08 Å². The van der Waals surface area contributed by atoms with Crippen LogP contribution in [0.2, 0.25) is 0 Å². The zero-order valence-corrected chi connectivity index (χ0v) is 22.7. The zero-order chi connectivity index (χ0) is 28.1. The summed E-state index contributed by atoms with van der Waals surface area (Å²) in [5.74, 6) is 0. The van der Waals surface area contributed by atoms with Gasteiger partial charge in [0.05, 0.1) is 0 Å². The molecule has 0 bridgehead atoms. The molecule has 200 valence electrons. The summed E-state index contributed by atoms with van der Waals surface area (Å²) < 4.78 is 0. The van der Waals surface area contributed by atoms with Gasteiger partial charge in [0.2, 0.25) is 0 Å². The highest BCUT2D eigenvalue weighted by Gasteiger charge is 2.41. The molecule has 0 aromatic carbocycles. The Labute approximate surface area is 244 Å². The van der Waals surface area contributed by atoms with E-state index in [0.717, 1.165) is 51.1 Å². The highest BCUT2D eigenvalue weighted by Crippen LogP contribution is 2.59. The zero-order valence-electron chi connectivity index (χ0n) is 22.7. The van der Waals surface area contributed by atoms with Crippen LogP contribution < -0.4 is 5.32 Å². The summed E-state index contributed by atoms with van der Waals surface area (Å²) in [5.41, 5.74) is 13.6. The van der Waals surface area contributed by atoms with Crippen molar-refractivity contribution in [3.05, 3.63) is 191 Å². The predicted octanol–water partition coefficient (Wildman–Crippen LogP) is 6.48. The lowest BCUT2D eigenvalue weighted by molar-refractivity contribution is 0.965. The SMILES string of the molecule is C1=CC(C(=C2C(=C(c3ccncc3)c3ccncc3)C2=C(c2ccncc2)c2ccncc2)c2ccncc2)=CCN1. The van der Waals surface area contributed by atoms with Crippen molar-refractivity contribution in [2.45, 2.75) is 0 Å². The maximum absolute atomic E-state index is 4.33. The van der Waals surface area contributed by atoms with Crippen LogP contribution in [-0.2, 0) is 0 Å². The van der Waals surface area contributed by atoms with Gasteiger partial charge >= 0.3 is 0 Å². The van der Waals surface area contributed by atoms with Crippen LogP contribution in [0, 0.1) is 0 Å². The molecule has 6 heterocycles. The van der Waals surface area contributed by atoms with E-state index >= 15 is 0 Å². The average molecular weight is 543 g/mol. The molecule has 1 N–H and O–H groups in total. The average Bonchev–Trinajstić information content (AvgIpc) is 3.77. The van der Waals surface area contributed by atoms with E-state index in [4.69, 9.17) is 0 Å². The molecule has 1 aliphatic carbocycles. The van der Waals surface area contributed by atoms with Crippen molar-refractivity contribution in [1.82, 2.24) is 30.2 Å². The first-order chi connectivity index (χ1) is 20.9. The van der Waals surface area contributed by atoms with Crippen LogP contribution in [-0.4, -0.2) is 31.5 Å². The van der Waals surface area contributed by atoms with Crippen molar-refractivity contribution in [1.29, 1.82) is 0 Å². The molecule has 0 radical (unpaired) electrons. The number of nitrogens with zero attached hydrogens (tertiary/aromatic N) is 5. The highest BCUT2D eigenvalue weighted by molar-refractivity contribution is 6.13. The molecular formula is C36H26N6. The van der Waals surface area contributed by atoms with Crippen LogP contribution >= 0.6 is 0 Å². The fraction of sp³-hybridized carbons (Fsp3) is 0.0278. The molecule has 1 fully saturated rings.